The summed E-state index contributed by atoms with van der Waals surface area (Å²) in [5, 5.41) is 0. The van der Waals surface area contributed by atoms with Crippen molar-refractivity contribution in [3.63, 3.8) is 0 Å². The number of nitrogens with one attached hydrogen (secondary N) is 2. The summed E-state index contributed by atoms with van der Waals surface area (Å²) in [5.41, 5.74) is 5.40. The lowest BCUT2D eigenvalue weighted by molar-refractivity contribution is 0.0840. The van der Waals surface area contributed by atoms with Crippen LogP contribution in [0.2, 0.25) is 0 Å². The first-order valence-corrected chi connectivity index (χ1v) is 7.40. The van der Waals surface area contributed by atoms with Gasteiger partial charge in [0.25, 0.3) is 11.8 Å². The number of hydrazine groups is 1. The van der Waals surface area contributed by atoms with Crippen LogP contribution in [-0.2, 0) is 7.05 Å². The van der Waals surface area contributed by atoms with Gasteiger partial charge < -0.3 is 14.0 Å². The van der Waals surface area contributed by atoms with Crippen LogP contribution in [0, 0.1) is 0 Å². The number of hydrogen-bond acceptors (Lipinski definition) is 4. The van der Waals surface area contributed by atoms with Gasteiger partial charge in [0.05, 0.1) is 19.8 Å². The van der Waals surface area contributed by atoms with Gasteiger partial charge in [-0.1, -0.05) is 0 Å². The van der Waals surface area contributed by atoms with E-state index in [0.29, 0.717) is 17.2 Å². The van der Waals surface area contributed by atoms with Crippen LogP contribution in [0.1, 0.15) is 20.8 Å². The average molecular weight is 382 g/mol. The van der Waals surface area contributed by atoms with Crippen molar-refractivity contribution in [2.75, 3.05) is 14.2 Å². The molecule has 0 saturated carbocycles. The number of carbonyl (C=O) groups is 2. The predicted octanol–water partition coefficient (Wildman–Crippen LogP) is 1.88. The molecule has 8 heteroatoms. The van der Waals surface area contributed by atoms with Gasteiger partial charge in [-0.25, -0.2) is 0 Å². The molecule has 1 aromatic heterocycles. The van der Waals surface area contributed by atoms with Crippen molar-refractivity contribution in [3.05, 3.63) is 46.2 Å². The van der Waals surface area contributed by atoms with Crippen LogP contribution in [0.5, 0.6) is 11.5 Å². The molecule has 0 aliphatic heterocycles. The maximum Gasteiger partial charge on any atom is 0.286 e. The molecule has 2 amide bonds. The summed E-state index contributed by atoms with van der Waals surface area (Å²) >= 11 is 3.28. The zero-order valence-electron chi connectivity index (χ0n) is 12.8. The van der Waals surface area contributed by atoms with Gasteiger partial charge in [0, 0.05) is 23.8 Å². The summed E-state index contributed by atoms with van der Waals surface area (Å²) in [6, 6.07) is 6.42. The third-order valence-electron chi connectivity index (χ3n) is 3.15. The van der Waals surface area contributed by atoms with Crippen LogP contribution < -0.4 is 20.3 Å². The quantitative estimate of drug-likeness (QED) is 0.792. The predicted molar refractivity (Wildman–Crippen MR) is 87.6 cm³/mol. The van der Waals surface area contributed by atoms with Crippen LogP contribution in [0.15, 0.2) is 34.9 Å². The number of amides is 2. The Bertz CT molecular complexity index is 742. The maximum absolute atomic E-state index is 12.2. The third kappa shape index (κ3) is 3.84. The van der Waals surface area contributed by atoms with E-state index in [2.05, 4.69) is 26.8 Å². The smallest absolute Gasteiger partial charge is 0.286 e. The second-order valence-corrected chi connectivity index (χ2v) is 5.54. The van der Waals surface area contributed by atoms with Gasteiger partial charge in [0.15, 0.2) is 0 Å². The Morgan fingerprint density at radius 3 is 2.35 bits per heavy atom. The molecule has 23 heavy (non-hydrogen) atoms. The molecule has 0 aliphatic rings. The second-order valence-electron chi connectivity index (χ2n) is 4.63. The number of aromatic nitrogens is 1. The number of carbonyl (C=O) groups excluding carboxylic acids is 2. The molecule has 122 valence electrons. The van der Waals surface area contributed by atoms with Crippen molar-refractivity contribution >= 4 is 27.7 Å². The minimum absolute atomic E-state index is 0.279. The van der Waals surface area contributed by atoms with Crippen LogP contribution in [0.25, 0.3) is 0 Å². The zero-order valence-corrected chi connectivity index (χ0v) is 14.4. The highest BCUT2D eigenvalue weighted by molar-refractivity contribution is 9.10. The number of ether oxygens (including phenoxy) is 2. The molecule has 2 aromatic rings. The highest BCUT2D eigenvalue weighted by Gasteiger charge is 2.16. The normalized spacial score (nSPS) is 10.1. The number of hydrogen-bond donors (Lipinski definition) is 2. The van der Waals surface area contributed by atoms with Gasteiger partial charge in [-0.3, -0.25) is 20.4 Å². The molecule has 0 saturated heterocycles. The molecule has 2 N–H and O–H groups in total. The van der Waals surface area contributed by atoms with Gasteiger partial charge in [0.1, 0.15) is 17.2 Å². The highest BCUT2D eigenvalue weighted by Crippen LogP contribution is 2.24. The number of benzene rings is 1. The molecule has 0 radical (unpaired) electrons. The Kier molecular flexibility index (Phi) is 5.28. The second kappa shape index (κ2) is 7.19. The molecule has 0 bridgehead atoms. The summed E-state index contributed by atoms with van der Waals surface area (Å²) < 4.78 is 12.6. The molecule has 0 spiro atoms. The molecular weight excluding hydrogens is 366 g/mol. The van der Waals surface area contributed by atoms with Crippen molar-refractivity contribution in [1.82, 2.24) is 15.4 Å². The first-order valence-electron chi connectivity index (χ1n) is 6.61. The van der Waals surface area contributed by atoms with E-state index < -0.39 is 11.8 Å². The molecule has 2 rings (SSSR count). The first kappa shape index (κ1) is 16.9. The van der Waals surface area contributed by atoms with E-state index in [-0.39, 0.29) is 5.56 Å². The van der Waals surface area contributed by atoms with Crippen LogP contribution in [-0.4, -0.2) is 30.6 Å². The Balaban J connectivity index is 2.08. The summed E-state index contributed by atoms with van der Waals surface area (Å²) in [4.78, 5) is 24.2. The number of halogens is 1. The van der Waals surface area contributed by atoms with Gasteiger partial charge in [-0.2, -0.15) is 0 Å². The summed E-state index contributed by atoms with van der Waals surface area (Å²) in [6.45, 7) is 0. The Labute approximate surface area is 141 Å². The lowest BCUT2D eigenvalue weighted by Crippen LogP contribution is -2.42. The molecule has 0 aliphatic carbocycles. The zero-order chi connectivity index (χ0) is 17.0. The van der Waals surface area contributed by atoms with E-state index in [9.17, 15) is 9.59 Å². The van der Waals surface area contributed by atoms with Gasteiger partial charge in [-0.15, -0.1) is 0 Å². The van der Waals surface area contributed by atoms with E-state index in [4.69, 9.17) is 9.47 Å². The number of rotatable bonds is 4. The molecule has 1 aromatic carbocycles. The van der Waals surface area contributed by atoms with Gasteiger partial charge in [-0.05, 0) is 34.1 Å². The van der Waals surface area contributed by atoms with Crippen molar-refractivity contribution in [1.29, 1.82) is 0 Å². The molecule has 7 nitrogen and oxygen atoms in total. The minimum atomic E-state index is -0.494. The van der Waals surface area contributed by atoms with Crippen molar-refractivity contribution < 1.29 is 19.1 Å². The van der Waals surface area contributed by atoms with Gasteiger partial charge >= 0.3 is 0 Å². The van der Waals surface area contributed by atoms with E-state index in [1.807, 2.05) is 0 Å². The van der Waals surface area contributed by atoms with E-state index in [1.165, 1.54) is 14.2 Å². The average Bonchev–Trinajstić information content (AvgIpc) is 2.90. The van der Waals surface area contributed by atoms with Crippen LogP contribution >= 0.6 is 15.9 Å². The van der Waals surface area contributed by atoms with Crippen LogP contribution in [0.4, 0.5) is 0 Å². The molecule has 1 heterocycles. The fraction of sp³-hybridized carbons (Fsp3) is 0.200. The molecule has 0 fully saturated rings. The van der Waals surface area contributed by atoms with E-state index in [0.717, 1.165) is 4.47 Å². The van der Waals surface area contributed by atoms with Crippen molar-refractivity contribution in [2.45, 2.75) is 0 Å². The first-order chi connectivity index (χ1) is 11.0. The van der Waals surface area contributed by atoms with Crippen LogP contribution in [0.3, 0.4) is 0 Å². The van der Waals surface area contributed by atoms with Gasteiger partial charge in [0.2, 0.25) is 0 Å². The van der Waals surface area contributed by atoms with E-state index in [1.54, 1.807) is 42.1 Å². The third-order valence-corrected chi connectivity index (χ3v) is 3.58. The number of methoxy groups -OCH3 is 2. The van der Waals surface area contributed by atoms with Crippen molar-refractivity contribution in [3.8, 4) is 11.5 Å². The molecule has 0 atom stereocenters. The Hall–Kier alpha value is -2.48. The minimum Gasteiger partial charge on any atom is -0.497 e. The fourth-order valence-electron chi connectivity index (χ4n) is 1.98. The Morgan fingerprint density at radius 2 is 1.78 bits per heavy atom. The lowest BCUT2D eigenvalue weighted by Gasteiger charge is -2.11. The fourth-order valence-corrected chi connectivity index (χ4v) is 2.50. The monoisotopic (exact) mass is 381 g/mol. The number of nitrogens with zero attached hydrogens (tertiary/aromatic N) is 1. The lowest BCUT2D eigenvalue weighted by atomic mass is 10.2. The highest BCUT2D eigenvalue weighted by atomic mass is 79.9. The summed E-state index contributed by atoms with van der Waals surface area (Å²) in [7, 11) is 4.70. The maximum atomic E-state index is 12.2. The summed E-state index contributed by atoms with van der Waals surface area (Å²) in [5.74, 6) is -0.0148. The SMILES string of the molecule is COc1ccc(C(=O)NNC(=O)c2cc(Br)cn2C)c(OC)c1. The van der Waals surface area contributed by atoms with E-state index >= 15 is 0 Å². The topological polar surface area (TPSA) is 81.6 Å². The standard InChI is InChI=1S/C15H16BrN3O4/c1-19-8-9(16)6-12(19)15(21)18-17-14(20)11-5-4-10(22-2)7-13(11)23-3/h4-8H,1-3H3,(H,17,20)(H,18,21). The van der Waals surface area contributed by atoms with Crippen molar-refractivity contribution in [2.24, 2.45) is 7.05 Å². The molecular formula is C15H16BrN3O4. The number of aryl methyl sites for hydroxylation is 1. The Morgan fingerprint density at radius 1 is 1.09 bits per heavy atom. The molecule has 0 unspecified atom stereocenters. The summed E-state index contributed by atoms with van der Waals surface area (Å²) in [6.07, 6.45) is 1.74. The largest absolute Gasteiger partial charge is 0.497 e.